The van der Waals surface area contributed by atoms with Crippen LogP contribution in [0.25, 0.3) is 0 Å². The number of nitrogens with zero attached hydrogens (tertiary/aromatic N) is 1. The zero-order chi connectivity index (χ0) is 10.7. The number of aryl methyl sites for hydroxylation is 1. The van der Waals surface area contributed by atoms with Gasteiger partial charge < -0.3 is 4.74 Å². The van der Waals surface area contributed by atoms with Gasteiger partial charge in [-0.25, -0.2) is 0 Å². The maximum Gasteiger partial charge on any atom is 0.0866 e. The number of hydrogen-bond donors (Lipinski definition) is 0. The van der Waals surface area contributed by atoms with Gasteiger partial charge in [0, 0.05) is 13.2 Å². The molecule has 0 saturated carbocycles. The third-order valence-corrected chi connectivity index (χ3v) is 3.13. The van der Waals surface area contributed by atoms with Gasteiger partial charge in [0.25, 0.3) is 0 Å². The van der Waals surface area contributed by atoms with Crippen LogP contribution in [-0.4, -0.2) is 13.2 Å². The maximum absolute atomic E-state index is 9.38. The molecule has 1 aromatic rings. The zero-order valence-electron chi connectivity index (χ0n) is 8.99. The molecule has 0 amide bonds. The van der Waals surface area contributed by atoms with E-state index in [1.807, 2.05) is 6.07 Å². The van der Waals surface area contributed by atoms with Crippen molar-refractivity contribution in [2.24, 2.45) is 0 Å². The minimum atomic E-state index is -0.315. The minimum Gasteiger partial charge on any atom is -0.381 e. The van der Waals surface area contributed by atoms with Crippen LogP contribution in [0.5, 0.6) is 0 Å². The molecule has 1 fully saturated rings. The standard InChI is InChI=1S/C13H15NO/c1-11-3-2-4-12(9-11)13(10-14)5-7-15-8-6-13/h2-4,9H,5-8H2,1H3. The lowest BCUT2D eigenvalue weighted by molar-refractivity contribution is 0.0675. The second-order valence-corrected chi connectivity index (χ2v) is 4.18. The third kappa shape index (κ3) is 1.88. The molecule has 0 atom stereocenters. The predicted molar refractivity (Wildman–Crippen MR) is 58.5 cm³/mol. The molecule has 0 aliphatic carbocycles. The van der Waals surface area contributed by atoms with E-state index in [0.29, 0.717) is 13.2 Å². The molecule has 0 spiro atoms. The SMILES string of the molecule is Cc1cccc(C2(C#N)CCOCC2)c1. The Balaban J connectivity index is 2.37. The molecule has 0 N–H and O–H groups in total. The Morgan fingerprint density at radius 3 is 2.67 bits per heavy atom. The summed E-state index contributed by atoms with van der Waals surface area (Å²) in [5.74, 6) is 0. The fourth-order valence-corrected chi connectivity index (χ4v) is 2.13. The van der Waals surface area contributed by atoms with E-state index in [2.05, 4.69) is 31.2 Å². The molecule has 2 heteroatoms. The topological polar surface area (TPSA) is 33.0 Å². The van der Waals surface area contributed by atoms with Crippen molar-refractivity contribution in [3.8, 4) is 6.07 Å². The van der Waals surface area contributed by atoms with E-state index in [1.165, 1.54) is 5.56 Å². The van der Waals surface area contributed by atoms with Gasteiger partial charge in [-0.3, -0.25) is 0 Å². The van der Waals surface area contributed by atoms with E-state index in [1.54, 1.807) is 0 Å². The van der Waals surface area contributed by atoms with Gasteiger partial charge in [-0.15, -0.1) is 0 Å². The van der Waals surface area contributed by atoms with E-state index in [-0.39, 0.29) is 5.41 Å². The first-order chi connectivity index (χ1) is 7.27. The maximum atomic E-state index is 9.38. The first-order valence-corrected chi connectivity index (χ1v) is 5.33. The molecule has 1 aliphatic rings. The van der Waals surface area contributed by atoms with Crippen LogP contribution >= 0.6 is 0 Å². The van der Waals surface area contributed by atoms with Crippen molar-refractivity contribution < 1.29 is 4.74 Å². The van der Waals surface area contributed by atoms with Crippen LogP contribution in [0.2, 0.25) is 0 Å². The summed E-state index contributed by atoms with van der Waals surface area (Å²) in [7, 11) is 0. The minimum absolute atomic E-state index is 0.315. The normalized spacial score (nSPS) is 19.5. The van der Waals surface area contributed by atoms with Crippen molar-refractivity contribution in [2.45, 2.75) is 25.2 Å². The van der Waals surface area contributed by atoms with Crippen molar-refractivity contribution >= 4 is 0 Å². The van der Waals surface area contributed by atoms with E-state index < -0.39 is 0 Å². The molecule has 0 aromatic heterocycles. The van der Waals surface area contributed by atoms with Crippen LogP contribution in [0, 0.1) is 18.3 Å². The van der Waals surface area contributed by atoms with Gasteiger partial charge in [0.2, 0.25) is 0 Å². The molecule has 2 nitrogen and oxygen atoms in total. The van der Waals surface area contributed by atoms with Gasteiger partial charge in [0.1, 0.15) is 0 Å². The molecule has 78 valence electrons. The summed E-state index contributed by atoms with van der Waals surface area (Å²) >= 11 is 0. The molecular formula is C13H15NO. The highest BCUT2D eigenvalue weighted by Gasteiger charge is 2.34. The number of hydrogen-bond acceptors (Lipinski definition) is 2. The largest absolute Gasteiger partial charge is 0.381 e. The Morgan fingerprint density at radius 2 is 2.07 bits per heavy atom. The number of rotatable bonds is 1. The monoisotopic (exact) mass is 201 g/mol. The van der Waals surface area contributed by atoms with E-state index in [9.17, 15) is 5.26 Å². The van der Waals surface area contributed by atoms with Gasteiger partial charge >= 0.3 is 0 Å². The van der Waals surface area contributed by atoms with Crippen molar-refractivity contribution in [1.29, 1.82) is 5.26 Å². The van der Waals surface area contributed by atoms with E-state index in [0.717, 1.165) is 18.4 Å². The van der Waals surface area contributed by atoms with Crippen LogP contribution in [0.3, 0.4) is 0 Å². The molecule has 2 rings (SSSR count). The average molecular weight is 201 g/mol. The lowest BCUT2D eigenvalue weighted by Gasteiger charge is -2.31. The quantitative estimate of drug-likeness (QED) is 0.699. The van der Waals surface area contributed by atoms with Crippen molar-refractivity contribution in [3.63, 3.8) is 0 Å². The van der Waals surface area contributed by atoms with Gasteiger partial charge in [-0.1, -0.05) is 29.8 Å². The lowest BCUT2D eigenvalue weighted by Crippen LogP contribution is -2.32. The summed E-state index contributed by atoms with van der Waals surface area (Å²) in [6.07, 6.45) is 1.62. The van der Waals surface area contributed by atoms with Crippen molar-refractivity contribution in [3.05, 3.63) is 35.4 Å². The van der Waals surface area contributed by atoms with Crippen LogP contribution in [0.15, 0.2) is 24.3 Å². The molecule has 1 saturated heterocycles. The summed E-state index contributed by atoms with van der Waals surface area (Å²) in [6, 6.07) is 10.7. The van der Waals surface area contributed by atoms with Gasteiger partial charge in [0.15, 0.2) is 0 Å². The highest BCUT2D eigenvalue weighted by molar-refractivity contribution is 5.35. The van der Waals surface area contributed by atoms with Crippen LogP contribution in [0.1, 0.15) is 24.0 Å². The Kier molecular flexibility index (Phi) is 2.75. The Bertz CT molecular complexity index is 386. The van der Waals surface area contributed by atoms with Crippen molar-refractivity contribution in [2.75, 3.05) is 13.2 Å². The highest BCUT2D eigenvalue weighted by atomic mass is 16.5. The Hall–Kier alpha value is -1.33. The summed E-state index contributed by atoms with van der Waals surface area (Å²) in [6.45, 7) is 3.46. The van der Waals surface area contributed by atoms with Crippen LogP contribution < -0.4 is 0 Å². The summed E-state index contributed by atoms with van der Waals surface area (Å²) in [5.41, 5.74) is 2.05. The summed E-state index contributed by atoms with van der Waals surface area (Å²) in [5, 5.41) is 9.38. The average Bonchev–Trinajstić information content (AvgIpc) is 2.30. The molecule has 0 unspecified atom stereocenters. The number of ether oxygens (including phenoxy) is 1. The number of benzene rings is 1. The van der Waals surface area contributed by atoms with Gasteiger partial charge in [-0.2, -0.15) is 5.26 Å². The zero-order valence-corrected chi connectivity index (χ0v) is 8.99. The molecule has 1 aliphatic heterocycles. The molecule has 0 radical (unpaired) electrons. The molecular weight excluding hydrogens is 186 g/mol. The fourth-order valence-electron chi connectivity index (χ4n) is 2.13. The first-order valence-electron chi connectivity index (χ1n) is 5.33. The molecule has 0 bridgehead atoms. The van der Waals surface area contributed by atoms with Crippen LogP contribution in [0.4, 0.5) is 0 Å². The second kappa shape index (κ2) is 4.04. The Labute approximate surface area is 90.5 Å². The van der Waals surface area contributed by atoms with Gasteiger partial charge in [-0.05, 0) is 25.3 Å². The van der Waals surface area contributed by atoms with Crippen LogP contribution in [-0.2, 0) is 10.2 Å². The van der Waals surface area contributed by atoms with Gasteiger partial charge in [0.05, 0.1) is 11.5 Å². The number of nitriles is 1. The second-order valence-electron chi connectivity index (χ2n) is 4.18. The fraction of sp³-hybridized carbons (Fsp3) is 0.462. The molecule has 1 aromatic carbocycles. The van der Waals surface area contributed by atoms with E-state index in [4.69, 9.17) is 4.74 Å². The molecule has 15 heavy (non-hydrogen) atoms. The summed E-state index contributed by atoms with van der Waals surface area (Å²) in [4.78, 5) is 0. The summed E-state index contributed by atoms with van der Waals surface area (Å²) < 4.78 is 5.33. The predicted octanol–water partition coefficient (Wildman–Crippen LogP) is 2.57. The molecule has 1 heterocycles. The van der Waals surface area contributed by atoms with E-state index >= 15 is 0 Å². The lowest BCUT2D eigenvalue weighted by atomic mass is 9.75. The van der Waals surface area contributed by atoms with Crippen molar-refractivity contribution in [1.82, 2.24) is 0 Å². The third-order valence-electron chi connectivity index (χ3n) is 3.13. The highest BCUT2D eigenvalue weighted by Crippen LogP contribution is 2.34. The Morgan fingerprint density at radius 1 is 1.33 bits per heavy atom. The smallest absolute Gasteiger partial charge is 0.0866 e. The first kappa shape index (κ1) is 10.2.